The summed E-state index contributed by atoms with van der Waals surface area (Å²) in [5.41, 5.74) is 2.90. The second-order valence-corrected chi connectivity index (χ2v) is 8.30. The van der Waals surface area contributed by atoms with E-state index in [-0.39, 0.29) is 0 Å². The highest BCUT2D eigenvalue weighted by atomic mass is 35.5. The standard InChI is InChI=1S/C23H20Cl2N4O2S/c1-30-16-10-17(31-2)20(25)18(19(16)24)15-9-14-12-27-23(32-3)29-21(14)22(28-15)26-11-13-7-5-4-6-8-13/h4-10,12H,11H2,1-3H3,(H,26,28). The molecule has 0 radical (unpaired) electrons. The molecule has 0 atom stereocenters. The number of aromatic nitrogens is 3. The third kappa shape index (κ3) is 4.41. The summed E-state index contributed by atoms with van der Waals surface area (Å²) < 4.78 is 10.8. The number of benzene rings is 2. The van der Waals surface area contributed by atoms with Crippen molar-refractivity contribution in [3.8, 4) is 22.8 Å². The van der Waals surface area contributed by atoms with Gasteiger partial charge in [0.2, 0.25) is 0 Å². The van der Waals surface area contributed by atoms with E-state index in [4.69, 9.17) is 37.7 Å². The molecule has 2 heterocycles. The molecule has 0 bridgehead atoms. The molecule has 32 heavy (non-hydrogen) atoms. The second kappa shape index (κ2) is 9.81. The van der Waals surface area contributed by atoms with Gasteiger partial charge >= 0.3 is 0 Å². The van der Waals surface area contributed by atoms with E-state index in [0.717, 1.165) is 10.9 Å². The number of ether oxygens (including phenoxy) is 2. The zero-order valence-electron chi connectivity index (χ0n) is 17.6. The Balaban J connectivity index is 1.90. The molecule has 6 nitrogen and oxygen atoms in total. The molecule has 4 rings (SSSR count). The highest BCUT2D eigenvalue weighted by molar-refractivity contribution is 7.98. The van der Waals surface area contributed by atoms with Crippen LogP contribution in [-0.2, 0) is 6.54 Å². The fourth-order valence-electron chi connectivity index (χ4n) is 3.27. The number of halogens is 2. The quantitative estimate of drug-likeness (QED) is 0.241. The lowest BCUT2D eigenvalue weighted by molar-refractivity contribution is 0.395. The molecule has 4 aromatic rings. The Bertz CT molecular complexity index is 1240. The lowest BCUT2D eigenvalue weighted by Gasteiger charge is -2.16. The topological polar surface area (TPSA) is 69.2 Å². The first-order valence-electron chi connectivity index (χ1n) is 9.65. The van der Waals surface area contributed by atoms with E-state index in [1.807, 2.05) is 42.7 Å². The predicted molar refractivity (Wildman–Crippen MR) is 131 cm³/mol. The Morgan fingerprint density at radius 1 is 0.969 bits per heavy atom. The number of fused-ring (bicyclic) bond motifs is 1. The molecule has 0 amide bonds. The van der Waals surface area contributed by atoms with Crippen molar-refractivity contribution in [2.45, 2.75) is 11.7 Å². The van der Waals surface area contributed by atoms with Gasteiger partial charge in [-0.3, -0.25) is 0 Å². The van der Waals surface area contributed by atoms with Crippen LogP contribution in [0.3, 0.4) is 0 Å². The van der Waals surface area contributed by atoms with Crippen molar-refractivity contribution in [2.24, 2.45) is 0 Å². The number of pyridine rings is 1. The zero-order valence-corrected chi connectivity index (χ0v) is 20.0. The second-order valence-electron chi connectivity index (χ2n) is 6.77. The average Bonchev–Trinajstić information content (AvgIpc) is 2.83. The van der Waals surface area contributed by atoms with Gasteiger partial charge in [-0.25, -0.2) is 15.0 Å². The van der Waals surface area contributed by atoms with Crippen LogP contribution in [0.15, 0.2) is 53.8 Å². The first-order chi connectivity index (χ1) is 15.5. The molecule has 0 spiro atoms. The number of nitrogens with zero attached hydrogens (tertiary/aromatic N) is 3. The monoisotopic (exact) mass is 486 g/mol. The van der Waals surface area contributed by atoms with Crippen molar-refractivity contribution in [3.05, 3.63) is 64.3 Å². The van der Waals surface area contributed by atoms with Gasteiger partial charge in [0, 0.05) is 29.8 Å². The Morgan fingerprint density at radius 3 is 2.28 bits per heavy atom. The Labute approximate surface area is 200 Å². The third-order valence-electron chi connectivity index (χ3n) is 4.86. The van der Waals surface area contributed by atoms with Gasteiger partial charge in [0.1, 0.15) is 17.0 Å². The van der Waals surface area contributed by atoms with Crippen molar-refractivity contribution >= 4 is 51.7 Å². The minimum absolute atomic E-state index is 0.348. The minimum atomic E-state index is 0.348. The van der Waals surface area contributed by atoms with Gasteiger partial charge in [-0.05, 0) is 17.9 Å². The first kappa shape index (κ1) is 22.5. The lowest BCUT2D eigenvalue weighted by atomic mass is 10.1. The Morgan fingerprint density at radius 2 is 1.66 bits per heavy atom. The maximum atomic E-state index is 6.64. The Hall–Kier alpha value is -2.74. The third-order valence-corrected chi connectivity index (χ3v) is 6.17. The molecular weight excluding hydrogens is 467 g/mol. The van der Waals surface area contributed by atoms with E-state index in [0.29, 0.717) is 55.8 Å². The van der Waals surface area contributed by atoms with Crippen LogP contribution in [0.2, 0.25) is 10.0 Å². The molecule has 0 aliphatic rings. The van der Waals surface area contributed by atoms with Crippen LogP contribution in [0.5, 0.6) is 11.5 Å². The zero-order chi connectivity index (χ0) is 22.7. The molecule has 0 unspecified atom stereocenters. The lowest BCUT2D eigenvalue weighted by Crippen LogP contribution is -2.05. The maximum absolute atomic E-state index is 6.64. The van der Waals surface area contributed by atoms with E-state index in [1.54, 1.807) is 12.3 Å². The number of methoxy groups -OCH3 is 2. The summed E-state index contributed by atoms with van der Waals surface area (Å²) in [7, 11) is 3.08. The molecule has 1 N–H and O–H groups in total. The molecule has 2 aromatic carbocycles. The van der Waals surface area contributed by atoms with E-state index in [2.05, 4.69) is 15.3 Å². The number of anilines is 1. The number of thioether (sulfide) groups is 1. The van der Waals surface area contributed by atoms with Crippen molar-refractivity contribution in [2.75, 3.05) is 25.8 Å². The molecule has 0 saturated heterocycles. The predicted octanol–water partition coefficient (Wildman–Crippen LogP) is 6.35. The fourth-order valence-corrected chi connectivity index (χ4v) is 4.30. The van der Waals surface area contributed by atoms with Gasteiger partial charge in [-0.2, -0.15) is 0 Å². The minimum Gasteiger partial charge on any atom is -0.495 e. The maximum Gasteiger partial charge on any atom is 0.187 e. The molecule has 0 fully saturated rings. The molecule has 2 aromatic heterocycles. The van der Waals surface area contributed by atoms with Crippen molar-refractivity contribution < 1.29 is 9.47 Å². The van der Waals surface area contributed by atoms with Gasteiger partial charge in [0.25, 0.3) is 0 Å². The SMILES string of the molecule is COc1cc(OC)c(Cl)c(-c2cc3cnc(SC)nc3c(NCc3ccccc3)n2)c1Cl. The normalized spacial score (nSPS) is 10.9. The first-order valence-corrected chi connectivity index (χ1v) is 11.6. The summed E-state index contributed by atoms with van der Waals surface area (Å²) in [6, 6.07) is 13.6. The van der Waals surface area contributed by atoms with Crippen molar-refractivity contribution in [3.63, 3.8) is 0 Å². The Kier molecular flexibility index (Phi) is 6.89. The van der Waals surface area contributed by atoms with Gasteiger partial charge < -0.3 is 14.8 Å². The molecule has 9 heteroatoms. The molecule has 0 aliphatic carbocycles. The van der Waals surface area contributed by atoms with Crippen LogP contribution in [0.25, 0.3) is 22.2 Å². The number of rotatable bonds is 7. The van der Waals surface area contributed by atoms with Crippen LogP contribution >= 0.6 is 35.0 Å². The highest BCUT2D eigenvalue weighted by Crippen LogP contribution is 2.46. The number of hydrogen-bond acceptors (Lipinski definition) is 7. The smallest absolute Gasteiger partial charge is 0.187 e. The van der Waals surface area contributed by atoms with Gasteiger partial charge in [0.05, 0.1) is 30.0 Å². The van der Waals surface area contributed by atoms with E-state index >= 15 is 0 Å². The largest absolute Gasteiger partial charge is 0.495 e. The average molecular weight is 487 g/mol. The summed E-state index contributed by atoms with van der Waals surface area (Å²) in [6.45, 7) is 0.577. The fraction of sp³-hybridized carbons (Fsp3) is 0.174. The van der Waals surface area contributed by atoms with Crippen molar-refractivity contribution in [1.29, 1.82) is 0 Å². The summed E-state index contributed by atoms with van der Waals surface area (Å²) >= 11 is 14.8. The summed E-state index contributed by atoms with van der Waals surface area (Å²) in [5, 5.41) is 5.56. The molecule has 0 saturated carbocycles. The van der Waals surface area contributed by atoms with Crippen LogP contribution in [-0.4, -0.2) is 35.4 Å². The van der Waals surface area contributed by atoms with Crippen LogP contribution in [0.4, 0.5) is 5.82 Å². The summed E-state index contributed by atoms with van der Waals surface area (Å²) in [4.78, 5) is 13.9. The van der Waals surface area contributed by atoms with Crippen LogP contribution < -0.4 is 14.8 Å². The summed E-state index contributed by atoms with van der Waals surface area (Å²) in [5.74, 6) is 1.49. The molecule has 0 aliphatic heterocycles. The van der Waals surface area contributed by atoms with Gasteiger partial charge in [-0.1, -0.05) is 65.3 Å². The number of nitrogens with one attached hydrogen (secondary N) is 1. The van der Waals surface area contributed by atoms with Crippen LogP contribution in [0.1, 0.15) is 5.56 Å². The van der Waals surface area contributed by atoms with Gasteiger partial charge in [-0.15, -0.1) is 0 Å². The summed E-state index contributed by atoms with van der Waals surface area (Å²) in [6.07, 6.45) is 3.70. The number of hydrogen-bond donors (Lipinski definition) is 1. The van der Waals surface area contributed by atoms with E-state index in [1.165, 1.54) is 26.0 Å². The highest BCUT2D eigenvalue weighted by Gasteiger charge is 2.21. The van der Waals surface area contributed by atoms with Gasteiger partial charge in [0.15, 0.2) is 11.0 Å². The molecule has 164 valence electrons. The van der Waals surface area contributed by atoms with Crippen LogP contribution in [0, 0.1) is 0 Å². The van der Waals surface area contributed by atoms with Crippen molar-refractivity contribution in [1.82, 2.24) is 15.0 Å². The molecular formula is C23H20Cl2N4O2S. The van der Waals surface area contributed by atoms with E-state index in [9.17, 15) is 0 Å². The van der Waals surface area contributed by atoms with E-state index < -0.39 is 0 Å².